The number of Topliss-reactive ketones (excluding diaryl/α,β-unsaturated/α-hetero) is 3. The summed E-state index contributed by atoms with van der Waals surface area (Å²) in [5.41, 5.74) is 0.879. The van der Waals surface area contributed by atoms with E-state index in [9.17, 15) is 14.4 Å². The molecule has 0 radical (unpaired) electrons. The molecule has 0 amide bonds. The number of carbonyl (C=O) groups excluding carboxylic acids is 3. The molecule has 0 aliphatic rings. The molecule has 0 fully saturated rings. The van der Waals surface area contributed by atoms with Crippen molar-refractivity contribution < 1.29 is 14.4 Å². The number of carbonyl (C=O) groups is 3. The molecule has 1 unspecified atom stereocenters. The second-order valence-electron chi connectivity index (χ2n) is 12.6. The molecule has 186 valence electrons. The van der Waals surface area contributed by atoms with E-state index < -0.39 is 16.9 Å². The molecular formula is C28H46N2O3. The van der Waals surface area contributed by atoms with E-state index in [2.05, 4.69) is 26.1 Å². The normalized spacial score (nSPS) is 13.8. The van der Waals surface area contributed by atoms with Crippen LogP contribution in [0, 0.1) is 16.7 Å². The molecule has 1 aromatic rings. The van der Waals surface area contributed by atoms with Gasteiger partial charge in [0.2, 0.25) is 0 Å². The van der Waals surface area contributed by atoms with Crippen molar-refractivity contribution in [2.45, 2.75) is 94.2 Å². The summed E-state index contributed by atoms with van der Waals surface area (Å²) in [5.74, 6) is -0.102. The van der Waals surface area contributed by atoms with Crippen LogP contribution in [0.15, 0.2) is 24.3 Å². The highest BCUT2D eigenvalue weighted by molar-refractivity contribution is 5.91. The average molecular weight is 459 g/mol. The minimum atomic E-state index is -0.547. The van der Waals surface area contributed by atoms with Gasteiger partial charge in [-0.1, -0.05) is 67.5 Å². The molecule has 0 aliphatic heterocycles. The van der Waals surface area contributed by atoms with E-state index in [0.717, 1.165) is 11.3 Å². The lowest BCUT2D eigenvalue weighted by Crippen LogP contribution is -2.51. The Morgan fingerprint density at radius 1 is 0.788 bits per heavy atom. The second-order valence-corrected chi connectivity index (χ2v) is 12.6. The first-order valence-corrected chi connectivity index (χ1v) is 12.0. The average Bonchev–Trinajstić information content (AvgIpc) is 2.63. The van der Waals surface area contributed by atoms with Gasteiger partial charge in [-0.25, -0.2) is 0 Å². The largest absolute Gasteiger partial charge is 0.380 e. The van der Waals surface area contributed by atoms with Crippen LogP contribution in [0.3, 0.4) is 0 Å². The van der Waals surface area contributed by atoms with Crippen molar-refractivity contribution in [1.82, 2.24) is 4.90 Å². The summed E-state index contributed by atoms with van der Waals surface area (Å²) in [6.07, 6.45) is 0.460. The van der Waals surface area contributed by atoms with Crippen LogP contribution in [-0.2, 0) is 20.8 Å². The molecule has 1 N–H and O–H groups in total. The fourth-order valence-corrected chi connectivity index (χ4v) is 3.29. The number of nitrogens with one attached hydrogen (secondary N) is 1. The van der Waals surface area contributed by atoms with Crippen LogP contribution in [0.1, 0.15) is 81.7 Å². The molecule has 0 aliphatic carbocycles. The maximum atomic E-state index is 13.3. The molecule has 0 spiro atoms. The summed E-state index contributed by atoms with van der Waals surface area (Å²) in [7, 11) is 0. The van der Waals surface area contributed by atoms with Gasteiger partial charge in [0.1, 0.15) is 0 Å². The number of rotatable bonds is 10. The van der Waals surface area contributed by atoms with E-state index in [0.29, 0.717) is 6.42 Å². The molecule has 0 bridgehead atoms. The van der Waals surface area contributed by atoms with Crippen LogP contribution in [0.5, 0.6) is 0 Å². The summed E-state index contributed by atoms with van der Waals surface area (Å²) >= 11 is 0. The fraction of sp³-hybridized carbons (Fsp3) is 0.679. The maximum Gasteiger partial charge on any atom is 0.152 e. The van der Waals surface area contributed by atoms with Crippen molar-refractivity contribution in [2.24, 2.45) is 16.7 Å². The highest BCUT2D eigenvalue weighted by atomic mass is 16.1. The zero-order valence-electron chi connectivity index (χ0n) is 22.8. The van der Waals surface area contributed by atoms with Crippen LogP contribution in [0.2, 0.25) is 0 Å². The lowest BCUT2D eigenvalue weighted by Gasteiger charge is -2.34. The highest BCUT2D eigenvalue weighted by Crippen LogP contribution is 2.23. The molecule has 0 aromatic heterocycles. The van der Waals surface area contributed by atoms with Gasteiger partial charge >= 0.3 is 0 Å². The predicted octanol–water partition coefficient (Wildman–Crippen LogP) is 5.57. The standard InChI is InChI=1S/C28H46N2O3/c1-19(2)25(33)22(16-20-12-14-21(15-13-20)29-28(9,10)11)30(17-23(31)26(3,4)5)18-24(32)27(6,7)8/h12-15,19,22,29H,16-18H2,1-11H3. The quantitative estimate of drug-likeness (QED) is 0.497. The van der Waals surface area contributed by atoms with E-state index >= 15 is 0 Å². The number of benzene rings is 1. The topological polar surface area (TPSA) is 66.5 Å². The van der Waals surface area contributed by atoms with Crippen LogP contribution < -0.4 is 5.32 Å². The Balaban J connectivity index is 3.31. The first-order valence-electron chi connectivity index (χ1n) is 12.0. The van der Waals surface area contributed by atoms with Gasteiger partial charge in [0.05, 0.1) is 19.1 Å². The molecule has 1 aromatic carbocycles. The number of hydrogen-bond donors (Lipinski definition) is 1. The fourth-order valence-electron chi connectivity index (χ4n) is 3.29. The smallest absolute Gasteiger partial charge is 0.152 e. The maximum absolute atomic E-state index is 13.3. The van der Waals surface area contributed by atoms with E-state index in [1.807, 2.05) is 84.6 Å². The summed E-state index contributed by atoms with van der Waals surface area (Å²) in [6, 6.07) is 7.53. The lowest BCUT2D eigenvalue weighted by atomic mass is 9.87. The summed E-state index contributed by atoms with van der Waals surface area (Å²) < 4.78 is 0. The van der Waals surface area contributed by atoms with Gasteiger partial charge in [-0.05, 0) is 44.9 Å². The number of hydrogen-bond acceptors (Lipinski definition) is 5. The van der Waals surface area contributed by atoms with Crippen LogP contribution in [0.4, 0.5) is 5.69 Å². The van der Waals surface area contributed by atoms with Crippen LogP contribution in [0.25, 0.3) is 0 Å². The van der Waals surface area contributed by atoms with Crippen molar-refractivity contribution in [3.63, 3.8) is 0 Å². The molecule has 0 heterocycles. The van der Waals surface area contributed by atoms with Gasteiger partial charge in [-0.2, -0.15) is 0 Å². The number of nitrogens with zero attached hydrogens (tertiary/aromatic N) is 1. The van der Waals surface area contributed by atoms with Gasteiger partial charge in [-0.15, -0.1) is 0 Å². The van der Waals surface area contributed by atoms with E-state index in [4.69, 9.17) is 0 Å². The van der Waals surface area contributed by atoms with E-state index in [1.54, 1.807) is 0 Å². The third kappa shape index (κ3) is 9.79. The minimum Gasteiger partial charge on any atom is -0.380 e. The monoisotopic (exact) mass is 458 g/mol. The van der Waals surface area contributed by atoms with E-state index in [1.165, 1.54) is 0 Å². The molecular weight excluding hydrogens is 412 g/mol. The number of ketones is 3. The third-order valence-corrected chi connectivity index (χ3v) is 5.61. The second kappa shape index (κ2) is 10.9. The summed E-state index contributed by atoms with van der Waals surface area (Å²) in [4.78, 5) is 41.1. The van der Waals surface area contributed by atoms with Gasteiger partial charge < -0.3 is 5.32 Å². The zero-order chi connectivity index (χ0) is 25.8. The molecule has 0 saturated carbocycles. The Bertz CT molecular complexity index is 791. The van der Waals surface area contributed by atoms with Gasteiger partial charge in [0, 0.05) is 28.0 Å². The Hall–Kier alpha value is -2.01. The van der Waals surface area contributed by atoms with Crippen molar-refractivity contribution in [3.8, 4) is 0 Å². The molecule has 1 rings (SSSR count). The van der Waals surface area contributed by atoms with Crippen molar-refractivity contribution in [3.05, 3.63) is 29.8 Å². The first kappa shape index (κ1) is 29.0. The van der Waals surface area contributed by atoms with Crippen molar-refractivity contribution in [2.75, 3.05) is 18.4 Å². The Morgan fingerprint density at radius 2 is 1.21 bits per heavy atom. The molecule has 5 nitrogen and oxygen atoms in total. The van der Waals surface area contributed by atoms with Gasteiger partial charge in [0.15, 0.2) is 17.3 Å². The third-order valence-electron chi connectivity index (χ3n) is 5.61. The van der Waals surface area contributed by atoms with Gasteiger partial charge in [0.25, 0.3) is 0 Å². The van der Waals surface area contributed by atoms with Crippen molar-refractivity contribution >= 4 is 23.0 Å². The minimum absolute atomic E-state index is 0.0236. The van der Waals surface area contributed by atoms with E-state index in [-0.39, 0.29) is 41.9 Å². The molecule has 1 atom stereocenters. The zero-order valence-corrected chi connectivity index (χ0v) is 22.8. The van der Waals surface area contributed by atoms with Gasteiger partial charge in [-0.3, -0.25) is 19.3 Å². The lowest BCUT2D eigenvalue weighted by molar-refractivity contribution is -0.135. The summed E-state index contributed by atoms with van der Waals surface area (Å²) in [5, 5.41) is 3.44. The SMILES string of the molecule is CC(C)C(=O)C(Cc1ccc(NC(C)(C)C)cc1)N(CC(=O)C(C)(C)C)CC(=O)C(C)(C)C. The molecule has 5 heteroatoms. The Morgan fingerprint density at radius 3 is 1.55 bits per heavy atom. The predicted molar refractivity (Wildman–Crippen MR) is 138 cm³/mol. The first-order chi connectivity index (χ1) is 14.8. The Kier molecular flexibility index (Phi) is 9.62. The van der Waals surface area contributed by atoms with Crippen LogP contribution in [-0.4, -0.2) is 46.9 Å². The number of anilines is 1. The molecule has 33 heavy (non-hydrogen) atoms. The highest BCUT2D eigenvalue weighted by Gasteiger charge is 2.35. The Labute approximate surface area is 201 Å². The van der Waals surface area contributed by atoms with Crippen molar-refractivity contribution in [1.29, 1.82) is 0 Å². The molecule has 0 saturated heterocycles. The van der Waals surface area contributed by atoms with Crippen LogP contribution >= 0.6 is 0 Å². The summed E-state index contributed by atoms with van der Waals surface area (Å²) in [6.45, 7) is 21.5.